The van der Waals surface area contributed by atoms with E-state index in [-0.39, 0.29) is 11.8 Å². The van der Waals surface area contributed by atoms with E-state index in [1.54, 1.807) is 15.5 Å². The first-order valence-electron chi connectivity index (χ1n) is 8.23. The Morgan fingerprint density at radius 1 is 1.17 bits per heavy atom. The third kappa shape index (κ3) is 2.69. The molecule has 0 spiro atoms. The quantitative estimate of drug-likeness (QED) is 0.868. The lowest BCUT2D eigenvalue weighted by atomic mass is 10.3. The lowest BCUT2D eigenvalue weighted by Gasteiger charge is -2.17. The second-order valence-corrected chi connectivity index (χ2v) is 5.72. The molecule has 1 aliphatic heterocycles. The number of pyridine rings is 1. The molecule has 6 heteroatoms. The van der Waals surface area contributed by atoms with Crippen LogP contribution in [0.15, 0.2) is 24.4 Å². The van der Waals surface area contributed by atoms with Crippen molar-refractivity contribution in [2.45, 2.75) is 26.7 Å². The number of imidazole rings is 1. The highest BCUT2D eigenvalue weighted by atomic mass is 16.2. The van der Waals surface area contributed by atoms with Gasteiger partial charge in [-0.25, -0.2) is 4.98 Å². The van der Waals surface area contributed by atoms with Crippen molar-refractivity contribution in [3.8, 4) is 0 Å². The lowest BCUT2D eigenvalue weighted by molar-refractivity contribution is 0.0768. The highest BCUT2D eigenvalue weighted by molar-refractivity contribution is 6.02. The van der Waals surface area contributed by atoms with Gasteiger partial charge >= 0.3 is 0 Å². The standard InChI is InChI=1S/C17H22N4O2/c1-3-19(4-2)16(22)14-13-9-5-6-12-21(13)15(18-14)17(23)20-10-7-8-11-20/h5-6,9,12H,3-4,7-8,10-11H2,1-2H3. The molecule has 3 heterocycles. The van der Waals surface area contributed by atoms with E-state index in [4.69, 9.17) is 0 Å². The van der Waals surface area contributed by atoms with Crippen molar-refractivity contribution in [2.75, 3.05) is 26.2 Å². The number of rotatable bonds is 4. The Kier molecular flexibility index (Phi) is 4.32. The van der Waals surface area contributed by atoms with Crippen LogP contribution in [0.5, 0.6) is 0 Å². The molecule has 122 valence electrons. The fourth-order valence-electron chi connectivity index (χ4n) is 3.07. The Morgan fingerprint density at radius 2 is 1.87 bits per heavy atom. The summed E-state index contributed by atoms with van der Waals surface area (Å²) in [6, 6.07) is 5.55. The van der Waals surface area contributed by atoms with Crippen molar-refractivity contribution in [1.82, 2.24) is 19.2 Å². The number of aromatic nitrogens is 2. The summed E-state index contributed by atoms with van der Waals surface area (Å²) < 4.78 is 1.73. The van der Waals surface area contributed by atoms with Gasteiger partial charge in [0.1, 0.15) is 0 Å². The highest BCUT2D eigenvalue weighted by Crippen LogP contribution is 2.18. The molecule has 0 atom stereocenters. The predicted molar refractivity (Wildman–Crippen MR) is 87.6 cm³/mol. The molecular weight excluding hydrogens is 292 g/mol. The van der Waals surface area contributed by atoms with Gasteiger partial charge in [0.05, 0.1) is 5.52 Å². The number of likely N-dealkylation sites (tertiary alicyclic amines) is 1. The van der Waals surface area contributed by atoms with Crippen molar-refractivity contribution in [2.24, 2.45) is 0 Å². The summed E-state index contributed by atoms with van der Waals surface area (Å²) in [6.45, 7) is 6.65. The number of fused-ring (bicyclic) bond motifs is 1. The fourth-order valence-corrected chi connectivity index (χ4v) is 3.07. The molecule has 1 aliphatic rings. The molecule has 3 rings (SSSR count). The van der Waals surface area contributed by atoms with Crippen LogP contribution in [0, 0.1) is 0 Å². The summed E-state index contributed by atoms with van der Waals surface area (Å²) in [5.41, 5.74) is 1.05. The van der Waals surface area contributed by atoms with E-state index < -0.39 is 0 Å². The Bertz CT molecular complexity index is 679. The minimum atomic E-state index is -0.126. The lowest BCUT2D eigenvalue weighted by Crippen LogP contribution is -2.31. The number of carbonyl (C=O) groups is 2. The van der Waals surface area contributed by atoms with Gasteiger partial charge < -0.3 is 9.80 Å². The first-order valence-corrected chi connectivity index (χ1v) is 8.23. The van der Waals surface area contributed by atoms with E-state index in [1.165, 1.54) is 0 Å². The zero-order valence-corrected chi connectivity index (χ0v) is 13.7. The molecule has 1 fully saturated rings. The molecule has 1 saturated heterocycles. The maximum absolute atomic E-state index is 12.7. The number of hydrogen-bond donors (Lipinski definition) is 0. The van der Waals surface area contributed by atoms with Crippen LogP contribution in [-0.4, -0.2) is 57.2 Å². The molecule has 0 N–H and O–H groups in total. The molecule has 2 amide bonds. The van der Waals surface area contributed by atoms with Crippen molar-refractivity contribution < 1.29 is 9.59 Å². The van der Waals surface area contributed by atoms with Crippen LogP contribution < -0.4 is 0 Å². The van der Waals surface area contributed by atoms with Crippen molar-refractivity contribution >= 4 is 17.3 Å². The Hall–Kier alpha value is -2.37. The summed E-state index contributed by atoms with van der Waals surface area (Å²) in [6.07, 6.45) is 3.85. The third-order valence-electron chi connectivity index (χ3n) is 4.39. The summed E-state index contributed by atoms with van der Waals surface area (Å²) in [5.74, 6) is 0.111. The van der Waals surface area contributed by atoms with Crippen LogP contribution in [-0.2, 0) is 0 Å². The van der Waals surface area contributed by atoms with E-state index in [0.717, 1.165) is 25.9 Å². The average Bonchev–Trinajstić information content (AvgIpc) is 3.23. The number of nitrogens with zero attached hydrogens (tertiary/aromatic N) is 4. The predicted octanol–water partition coefficient (Wildman–Crippen LogP) is 2.05. The van der Waals surface area contributed by atoms with Gasteiger partial charge in [-0.15, -0.1) is 0 Å². The second kappa shape index (κ2) is 6.40. The first-order chi connectivity index (χ1) is 11.2. The van der Waals surface area contributed by atoms with E-state index >= 15 is 0 Å². The summed E-state index contributed by atoms with van der Waals surface area (Å²) in [7, 11) is 0. The van der Waals surface area contributed by atoms with Crippen molar-refractivity contribution in [1.29, 1.82) is 0 Å². The molecule has 0 unspecified atom stereocenters. The zero-order chi connectivity index (χ0) is 16.4. The van der Waals surface area contributed by atoms with Crippen LogP contribution in [0.2, 0.25) is 0 Å². The Balaban J connectivity index is 2.06. The normalized spacial score (nSPS) is 14.4. The SMILES string of the molecule is CCN(CC)C(=O)c1nc(C(=O)N2CCCC2)n2ccccc12. The molecule has 0 saturated carbocycles. The molecular formula is C17H22N4O2. The van der Waals surface area contributed by atoms with Gasteiger partial charge in [0.25, 0.3) is 11.8 Å². The summed E-state index contributed by atoms with van der Waals surface area (Å²) in [5, 5.41) is 0. The van der Waals surface area contributed by atoms with Gasteiger partial charge in [0, 0.05) is 32.4 Å². The van der Waals surface area contributed by atoms with E-state index in [1.807, 2.05) is 36.9 Å². The number of hydrogen-bond acceptors (Lipinski definition) is 3. The fraction of sp³-hybridized carbons (Fsp3) is 0.471. The Labute approximate surface area is 135 Å². The first kappa shape index (κ1) is 15.5. The second-order valence-electron chi connectivity index (χ2n) is 5.72. The summed E-state index contributed by atoms with van der Waals surface area (Å²) >= 11 is 0. The maximum Gasteiger partial charge on any atom is 0.290 e. The third-order valence-corrected chi connectivity index (χ3v) is 4.39. The smallest absolute Gasteiger partial charge is 0.290 e. The molecule has 2 aromatic heterocycles. The molecule has 2 aromatic rings. The minimum Gasteiger partial charge on any atom is -0.338 e. The van der Waals surface area contributed by atoms with E-state index in [9.17, 15) is 9.59 Å². The van der Waals surface area contributed by atoms with Crippen molar-refractivity contribution in [3.63, 3.8) is 0 Å². The van der Waals surface area contributed by atoms with Crippen LogP contribution in [0.1, 0.15) is 47.8 Å². The highest BCUT2D eigenvalue weighted by Gasteiger charge is 2.27. The van der Waals surface area contributed by atoms with Gasteiger partial charge in [-0.05, 0) is 38.8 Å². The molecule has 0 aromatic carbocycles. The van der Waals surface area contributed by atoms with Gasteiger partial charge in [0.15, 0.2) is 5.69 Å². The minimum absolute atomic E-state index is 0.0951. The van der Waals surface area contributed by atoms with Crippen LogP contribution in [0.25, 0.3) is 5.52 Å². The molecule has 6 nitrogen and oxygen atoms in total. The Morgan fingerprint density at radius 3 is 2.52 bits per heavy atom. The van der Waals surface area contributed by atoms with Gasteiger partial charge in [-0.3, -0.25) is 14.0 Å². The largest absolute Gasteiger partial charge is 0.338 e. The van der Waals surface area contributed by atoms with Crippen LogP contribution >= 0.6 is 0 Å². The number of carbonyl (C=O) groups excluding carboxylic acids is 2. The van der Waals surface area contributed by atoms with Crippen molar-refractivity contribution in [3.05, 3.63) is 35.9 Å². The number of amides is 2. The molecule has 0 aliphatic carbocycles. The molecule has 0 radical (unpaired) electrons. The average molecular weight is 314 g/mol. The zero-order valence-electron chi connectivity index (χ0n) is 13.7. The van der Waals surface area contributed by atoms with Crippen LogP contribution in [0.4, 0.5) is 0 Å². The molecule has 0 bridgehead atoms. The topological polar surface area (TPSA) is 57.9 Å². The monoisotopic (exact) mass is 314 g/mol. The van der Waals surface area contributed by atoms with E-state index in [2.05, 4.69) is 4.98 Å². The van der Waals surface area contributed by atoms with Gasteiger partial charge in [-0.1, -0.05) is 6.07 Å². The van der Waals surface area contributed by atoms with E-state index in [0.29, 0.717) is 30.1 Å². The molecule has 23 heavy (non-hydrogen) atoms. The van der Waals surface area contributed by atoms with Crippen LogP contribution in [0.3, 0.4) is 0 Å². The summed E-state index contributed by atoms with van der Waals surface area (Å²) in [4.78, 5) is 33.4. The van der Waals surface area contributed by atoms with Gasteiger partial charge in [0.2, 0.25) is 5.82 Å². The van der Waals surface area contributed by atoms with Gasteiger partial charge in [-0.2, -0.15) is 0 Å². The maximum atomic E-state index is 12.7.